The van der Waals surface area contributed by atoms with Gasteiger partial charge in [0.2, 0.25) is 0 Å². The molecule has 2 saturated heterocycles. The minimum absolute atomic E-state index is 0.0654. The second-order valence-electron chi connectivity index (χ2n) is 7.02. The van der Waals surface area contributed by atoms with Crippen molar-refractivity contribution in [3.63, 3.8) is 0 Å². The lowest BCUT2D eigenvalue weighted by Gasteiger charge is -2.34. The summed E-state index contributed by atoms with van der Waals surface area (Å²) in [5, 5.41) is 3.10. The van der Waals surface area contributed by atoms with Crippen LogP contribution in [0.1, 0.15) is 19.3 Å². The van der Waals surface area contributed by atoms with Crippen molar-refractivity contribution in [2.45, 2.75) is 25.4 Å². The van der Waals surface area contributed by atoms with E-state index in [-0.39, 0.29) is 12.1 Å². The van der Waals surface area contributed by atoms with E-state index in [1.165, 1.54) is 12.8 Å². The first kappa shape index (κ1) is 16.0. The Morgan fingerprint density at radius 3 is 2.77 bits per heavy atom. The van der Waals surface area contributed by atoms with Crippen LogP contribution in [0.15, 0.2) is 0 Å². The number of carbonyl (C=O) groups is 1. The lowest BCUT2D eigenvalue weighted by atomic mass is 10.1. The molecule has 1 N–H and O–H groups in total. The summed E-state index contributed by atoms with van der Waals surface area (Å²) < 4.78 is 11.2. The Balaban J connectivity index is 1.47. The van der Waals surface area contributed by atoms with Crippen LogP contribution in [0.4, 0.5) is 4.79 Å². The number of nitrogens with zero attached hydrogens (tertiary/aromatic N) is 2. The number of hydrogen-bond acceptors (Lipinski definition) is 4. The van der Waals surface area contributed by atoms with Gasteiger partial charge in [-0.05, 0) is 32.2 Å². The van der Waals surface area contributed by atoms with Gasteiger partial charge in [0.1, 0.15) is 0 Å². The largest absolute Gasteiger partial charge is 0.381 e. The average molecular weight is 311 g/mol. The molecule has 0 aromatic rings. The zero-order valence-electron chi connectivity index (χ0n) is 13.6. The maximum atomic E-state index is 12.5. The van der Waals surface area contributed by atoms with E-state index in [1.807, 2.05) is 4.90 Å². The number of likely N-dealkylation sites (N-methyl/N-ethyl adjacent to an activating group) is 1. The van der Waals surface area contributed by atoms with Gasteiger partial charge in [-0.2, -0.15) is 0 Å². The van der Waals surface area contributed by atoms with Gasteiger partial charge in [-0.25, -0.2) is 4.79 Å². The average Bonchev–Trinajstić information content (AvgIpc) is 3.16. The highest BCUT2D eigenvalue weighted by atomic mass is 16.5. The number of carbonyl (C=O) groups excluding carboxylic acids is 1. The monoisotopic (exact) mass is 311 g/mol. The summed E-state index contributed by atoms with van der Waals surface area (Å²) in [7, 11) is 2.11. The Morgan fingerprint density at radius 2 is 2.09 bits per heavy atom. The number of amides is 2. The van der Waals surface area contributed by atoms with Gasteiger partial charge in [-0.1, -0.05) is 0 Å². The number of nitrogens with one attached hydrogen (secondary N) is 1. The van der Waals surface area contributed by atoms with Crippen LogP contribution in [0, 0.1) is 11.8 Å². The molecule has 0 aromatic carbocycles. The molecule has 6 heteroatoms. The molecule has 3 aliphatic rings. The summed E-state index contributed by atoms with van der Waals surface area (Å²) in [5.74, 6) is 1.17. The molecule has 1 aliphatic carbocycles. The molecule has 22 heavy (non-hydrogen) atoms. The third-order valence-corrected chi connectivity index (χ3v) is 4.79. The van der Waals surface area contributed by atoms with Crippen LogP contribution in [-0.2, 0) is 9.47 Å². The first-order valence-electron chi connectivity index (χ1n) is 8.61. The first-order chi connectivity index (χ1) is 10.7. The highest BCUT2D eigenvalue weighted by Gasteiger charge is 2.30. The summed E-state index contributed by atoms with van der Waals surface area (Å²) in [6, 6.07) is 0.0654. The molecular weight excluding hydrogens is 282 g/mol. The number of rotatable bonds is 6. The number of ether oxygens (including phenoxy) is 2. The molecule has 3 rings (SSSR count). The van der Waals surface area contributed by atoms with Gasteiger partial charge < -0.3 is 24.6 Å². The van der Waals surface area contributed by atoms with E-state index in [2.05, 4.69) is 17.3 Å². The molecule has 1 saturated carbocycles. The number of hydrogen-bond donors (Lipinski definition) is 1. The van der Waals surface area contributed by atoms with Crippen molar-refractivity contribution >= 4 is 6.03 Å². The molecule has 126 valence electrons. The van der Waals surface area contributed by atoms with Gasteiger partial charge in [0.15, 0.2) is 0 Å². The SMILES string of the molecule is CN1CCOC(CN(CC2CC2)C(=O)NCC2CCOC2)C1. The number of morpholine rings is 1. The zero-order chi connectivity index (χ0) is 15.4. The Bertz CT molecular complexity index is 370. The lowest BCUT2D eigenvalue weighted by Crippen LogP contribution is -2.50. The minimum Gasteiger partial charge on any atom is -0.381 e. The standard InChI is InChI=1S/C16H29N3O3/c1-18-5-7-22-15(10-18)11-19(9-13-2-3-13)16(20)17-8-14-4-6-21-12-14/h13-15H,2-12H2,1H3,(H,17,20). The second kappa shape index (κ2) is 7.62. The van der Waals surface area contributed by atoms with Crippen molar-refractivity contribution in [2.24, 2.45) is 11.8 Å². The fourth-order valence-electron chi connectivity index (χ4n) is 3.16. The summed E-state index contributed by atoms with van der Waals surface area (Å²) >= 11 is 0. The summed E-state index contributed by atoms with van der Waals surface area (Å²) in [4.78, 5) is 16.8. The molecule has 2 amide bonds. The molecule has 0 aromatic heterocycles. The van der Waals surface area contributed by atoms with Gasteiger partial charge >= 0.3 is 6.03 Å². The second-order valence-corrected chi connectivity index (χ2v) is 7.02. The maximum absolute atomic E-state index is 12.5. The molecule has 6 nitrogen and oxygen atoms in total. The lowest BCUT2D eigenvalue weighted by molar-refractivity contribution is -0.0309. The number of urea groups is 1. The molecule has 0 spiro atoms. The van der Waals surface area contributed by atoms with E-state index >= 15 is 0 Å². The molecule has 3 fully saturated rings. The van der Waals surface area contributed by atoms with Crippen LogP contribution in [0.2, 0.25) is 0 Å². The van der Waals surface area contributed by atoms with Gasteiger partial charge in [-0.3, -0.25) is 0 Å². The molecule has 0 bridgehead atoms. The highest BCUT2D eigenvalue weighted by Crippen LogP contribution is 2.30. The smallest absolute Gasteiger partial charge is 0.317 e. The Kier molecular flexibility index (Phi) is 5.55. The Labute approximate surface area is 133 Å². The van der Waals surface area contributed by atoms with E-state index in [4.69, 9.17) is 9.47 Å². The Hall–Kier alpha value is -0.850. The summed E-state index contributed by atoms with van der Waals surface area (Å²) in [5.41, 5.74) is 0. The Morgan fingerprint density at radius 1 is 1.23 bits per heavy atom. The fraction of sp³-hybridized carbons (Fsp3) is 0.938. The van der Waals surface area contributed by atoms with Crippen molar-refractivity contribution < 1.29 is 14.3 Å². The summed E-state index contributed by atoms with van der Waals surface area (Å²) in [6.45, 7) is 6.56. The van der Waals surface area contributed by atoms with Crippen LogP contribution >= 0.6 is 0 Å². The van der Waals surface area contributed by atoms with E-state index in [9.17, 15) is 4.79 Å². The predicted octanol–water partition coefficient (Wildman–Crippen LogP) is 0.775. The van der Waals surface area contributed by atoms with E-state index in [0.29, 0.717) is 18.4 Å². The molecule has 2 heterocycles. The minimum atomic E-state index is 0.0654. The van der Waals surface area contributed by atoms with E-state index in [1.54, 1.807) is 0 Å². The van der Waals surface area contributed by atoms with Crippen LogP contribution in [0.5, 0.6) is 0 Å². The normalized spacial score (nSPS) is 29.5. The van der Waals surface area contributed by atoms with Gasteiger partial charge in [0.05, 0.1) is 19.3 Å². The highest BCUT2D eigenvalue weighted by molar-refractivity contribution is 5.74. The first-order valence-corrected chi connectivity index (χ1v) is 8.61. The van der Waals surface area contributed by atoms with Crippen LogP contribution in [-0.4, -0.2) is 81.5 Å². The summed E-state index contributed by atoms with van der Waals surface area (Å²) in [6.07, 6.45) is 3.70. The van der Waals surface area contributed by atoms with Crippen molar-refractivity contribution in [1.82, 2.24) is 15.1 Å². The quantitative estimate of drug-likeness (QED) is 0.787. The molecule has 2 aliphatic heterocycles. The molecule has 2 atom stereocenters. The van der Waals surface area contributed by atoms with Crippen molar-refractivity contribution in [2.75, 3.05) is 59.6 Å². The molecule has 2 unspecified atom stereocenters. The van der Waals surface area contributed by atoms with Gasteiger partial charge in [0, 0.05) is 45.2 Å². The fourth-order valence-corrected chi connectivity index (χ4v) is 3.16. The van der Waals surface area contributed by atoms with Crippen LogP contribution < -0.4 is 5.32 Å². The third kappa shape index (κ3) is 4.83. The van der Waals surface area contributed by atoms with E-state index in [0.717, 1.165) is 52.4 Å². The van der Waals surface area contributed by atoms with Crippen LogP contribution in [0.25, 0.3) is 0 Å². The van der Waals surface area contributed by atoms with Crippen LogP contribution in [0.3, 0.4) is 0 Å². The van der Waals surface area contributed by atoms with Crippen molar-refractivity contribution in [1.29, 1.82) is 0 Å². The van der Waals surface area contributed by atoms with E-state index < -0.39 is 0 Å². The predicted molar refractivity (Wildman–Crippen MR) is 83.9 cm³/mol. The molecular formula is C16H29N3O3. The maximum Gasteiger partial charge on any atom is 0.317 e. The van der Waals surface area contributed by atoms with Gasteiger partial charge in [-0.15, -0.1) is 0 Å². The molecule has 0 radical (unpaired) electrons. The van der Waals surface area contributed by atoms with Crippen molar-refractivity contribution in [3.8, 4) is 0 Å². The van der Waals surface area contributed by atoms with Gasteiger partial charge in [0.25, 0.3) is 0 Å². The zero-order valence-corrected chi connectivity index (χ0v) is 13.6. The third-order valence-electron chi connectivity index (χ3n) is 4.79. The van der Waals surface area contributed by atoms with Crippen molar-refractivity contribution in [3.05, 3.63) is 0 Å². The topological polar surface area (TPSA) is 54.0 Å².